The highest BCUT2D eigenvalue weighted by Gasteiger charge is 2.29. The Morgan fingerprint density at radius 3 is 2.40 bits per heavy atom. The molecular formula is C19H24BrN2O3+. The Labute approximate surface area is 156 Å². The first-order valence-electron chi connectivity index (χ1n) is 8.14. The van der Waals surface area contributed by atoms with E-state index in [1.54, 1.807) is 13.8 Å². The van der Waals surface area contributed by atoms with E-state index in [2.05, 4.69) is 20.9 Å². The number of aromatic nitrogens is 1. The molecule has 2 aromatic rings. The van der Waals surface area contributed by atoms with Crippen molar-refractivity contribution in [2.75, 3.05) is 14.2 Å². The van der Waals surface area contributed by atoms with Crippen molar-refractivity contribution in [2.45, 2.75) is 33.4 Å². The summed E-state index contributed by atoms with van der Waals surface area (Å²) in [6, 6.07) is 7.84. The highest BCUT2D eigenvalue weighted by molar-refractivity contribution is 9.10. The largest absolute Gasteiger partial charge is 0.465 e. The average molecular weight is 408 g/mol. The number of aromatic amines is 1. The third-order valence-electron chi connectivity index (χ3n) is 4.60. The van der Waals surface area contributed by atoms with Crippen LogP contribution in [0.4, 0.5) is 0 Å². The molecule has 25 heavy (non-hydrogen) atoms. The second-order valence-electron chi connectivity index (χ2n) is 6.35. The lowest BCUT2D eigenvalue weighted by atomic mass is 10.0. The molecule has 0 amide bonds. The van der Waals surface area contributed by atoms with Crippen molar-refractivity contribution in [1.82, 2.24) is 4.98 Å². The molecule has 5 nitrogen and oxygen atoms in total. The number of nitrogens with one attached hydrogen (secondary N) is 2. The number of H-pyrrole nitrogens is 1. The Balaban J connectivity index is 2.19. The van der Waals surface area contributed by atoms with Crippen LogP contribution in [0.2, 0.25) is 0 Å². The summed E-state index contributed by atoms with van der Waals surface area (Å²) < 4.78 is 5.84. The van der Waals surface area contributed by atoms with Crippen molar-refractivity contribution in [3.8, 4) is 0 Å². The van der Waals surface area contributed by atoms with Gasteiger partial charge in [-0.1, -0.05) is 28.1 Å². The normalized spacial score (nSPS) is 13.4. The second-order valence-corrected chi connectivity index (χ2v) is 7.27. The van der Waals surface area contributed by atoms with Crippen molar-refractivity contribution < 1.29 is 19.2 Å². The molecule has 0 radical (unpaired) electrons. The zero-order valence-corrected chi connectivity index (χ0v) is 16.8. The molecule has 2 rings (SSSR count). The Hall–Kier alpha value is -1.92. The fourth-order valence-electron chi connectivity index (χ4n) is 2.92. The SMILES string of the molecule is COC(=O)c1c(C)[nH]c(C(=O)[C@H](C)[NH+](C)Cc2ccc(Br)cc2)c1C. The van der Waals surface area contributed by atoms with Gasteiger partial charge in [-0.25, -0.2) is 4.79 Å². The number of carbonyl (C=O) groups is 2. The molecule has 0 saturated heterocycles. The Bertz CT molecular complexity index is 781. The van der Waals surface area contributed by atoms with Crippen LogP contribution in [0.15, 0.2) is 28.7 Å². The average Bonchev–Trinajstić information content (AvgIpc) is 2.89. The first-order valence-corrected chi connectivity index (χ1v) is 8.94. The highest BCUT2D eigenvalue weighted by atomic mass is 79.9. The molecule has 0 aliphatic carbocycles. The van der Waals surface area contributed by atoms with Gasteiger partial charge >= 0.3 is 5.97 Å². The predicted molar refractivity (Wildman–Crippen MR) is 100 cm³/mol. The summed E-state index contributed by atoms with van der Waals surface area (Å²) >= 11 is 3.43. The summed E-state index contributed by atoms with van der Waals surface area (Å²) in [5.74, 6) is -0.432. The second kappa shape index (κ2) is 7.97. The number of benzene rings is 1. The number of ether oxygens (including phenoxy) is 1. The third-order valence-corrected chi connectivity index (χ3v) is 5.13. The van der Waals surface area contributed by atoms with E-state index in [1.165, 1.54) is 7.11 Å². The van der Waals surface area contributed by atoms with E-state index in [0.29, 0.717) is 22.5 Å². The number of likely N-dealkylation sites (N-methyl/N-ethyl adjacent to an activating group) is 1. The minimum atomic E-state index is -0.423. The molecule has 1 aromatic heterocycles. The quantitative estimate of drug-likeness (QED) is 0.570. The molecule has 6 heteroatoms. The molecular weight excluding hydrogens is 384 g/mol. The van der Waals surface area contributed by atoms with Crippen molar-refractivity contribution in [1.29, 1.82) is 0 Å². The summed E-state index contributed by atoms with van der Waals surface area (Å²) in [6.45, 7) is 6.20. The molecule has 0 bridgehead atoms. The number of rotatable bonds is 6. The molecule has 1 aromatic carbocycles. The molecule has 134 valence electrons. The van der Waals surface area contributed by atoms with Crippen LogP contribution in [0, 0.1) is 13.8 Å². The molecule has 2 N–H and O–H groups in total. The first kappa shape index (κ1) is 19.4. The van der Waals surface area contributed by atoms with E-state index in [4.69, 9.17) is 4.74 Å². The van der Waals surface area contributed by atoms with Crippen LogP contribution in [-0.2, 0) is 11.3 Å². The lowest BCUT2D eigenvalue weighted by Gasteiger charge is -2.20. The number of ketones is 1. The van der Waals surface area contributed by atoms with Crippen LogP contribution < -0.4 is 4.90 Å². The maximum Gasteiger partial charge on any atom is 0.339 e. The van der Waals surface area contributed by atoms with Gasteiger partial charge in [-0.15, -0.1) is 0 Å². The lowest BCUT2D eigenvalue weighted by Crippen LogP contribution is -3.12. The minimum Gasteiger partial charge on any atom is -0.465 e. The van der Waals surface area contributed by atoms with Gasteiger partial charge in [0.15, 0.2) is 6.04 Å². The number of hydrogen-bond donors (Lipinski definition) is 2. The van der Waals surface area contributed by atoms with Crippen molar-refractivity contribution in [3.05, 3.63) is 56.8 Å². The summed E-state index contributed by atoms with van der Waals surface area (Å²) in [5.41, 5.74) is 3.40. The monoisotopic (exact) mass is 407 g/mol. The zero-order chi connectivity index (χ0) is 18.7. The number of Topliss-reactive ketones (excluding diaryl/α,β-unsaturated/α-hetero) is 1. The van der Waals surface area contributed by atoms with Crippen LogP contribution in [0.25, 0.3) is 0 Å². The molecule has 2 atom stereocenters. The molecule has 0 aliphatic rings. The summed E-state index contributed by atoms with van der Waals surface area (Å²) in [5, 5.41) is 0. The molecule has 0 spiro atoms. The van der Waals surface area contributed by atoms with Gasteiger partial charge in [-0.3, -0.25) is 4.79 Å². The minimum absolute atomic E-state index is 0.00892. The number of carbonyl (C=O) groups excluding carboxylic acids is 2. The number of hydrogen-bond acceptors (Lipinski definition) is 3. The topological polar surface area (TPSA) is 63.6 Å². The summed E-state index contributed by atoms with van der Waals surface area (Å²) in [6.07, 6.45) is 0. The maximum atomic E-state index is 12.9. The van der Waals surface area contributed by atoms with Crippen molar-refractivity contribution in [2.24, 2.45) is 0 Å². The Morgan fingerprint density at radius 1 is 1.24 bits per heavy atom. The van der Waals surface area contributed by atoms with E-state index in [1.807, 2.05) is 38.2 Å². The van der Waals surface area contributed by atoms with Crippen LogP contribution in [0.5, 0.6) is 0 Å². The molecule has 0 fully saturated rings. The van der Waals surface area contributed by atoms with E-state index in [0.717, 1.165) is 21.5 Å². The van der Waals surface area contributed by atoms with Crippen LogP contribution in [0.3, 0.4) is 0 Å². The standard InChI is InChI=1S/C19H23BrN2O3/c1-11-16(19(24)25-5)12(2)21-17(11)18(23)13(3)22(4)10-14-6-8-15(20)9-7-14/h6-9,13,21H,10H2,1-5H3/p+1/t13-/m0/s1. The predicted octanol–water partition coefficient (Wildman–Crippen LogP) is 2.47. The molecule has 0 aliphatic heterocycles. The van der Waals surface area contributed by atoms with Gasteiger partial charge in [0.05, 0.1) is 25.4 Å². The number of methoxy groups -OCH3 is 1. The zero-order valence-electron chi connectivity index (χ0n) is 15.2. The van der Waals surface area contributed by atoms with Gasteiger partial charge in [0.25, 0.3) is 0 Å². The van der Waals surface area contributed by atoms with Crippen LogP contribution in [-0.4, -0.2) is 36.9 Å². The van der Waals surface area contributed by atoms with Gasteiger partial charge in [0.2, 0.25) is 5.78 Å². The Morgan fingerprint density at radius 2 is 1.84 bits per heavy atom. The number of quaternary nitrogens is 1. The fourth-order valence-corrected chi connectivity index (χ4v) is 3.19. The molecule has 1 unspecified atom stereocenters. The first-order chi connectivity index (χ1) is 11.8. The molecule has 1 heterocycles. The third kappa shape index (κ3) is 4.19. The van der Waals surface area contributed by atoms with E-state index < -0.39 is 5.97 Å². The fraction of sp³-hybridized carbons (Fsp3) is 0.368. The van der Waals surface area contributed by atoms with Gasteiger partial charge in [0.1, 0.15) is 6.54 Å². The van der Waals surface area contributed by atoms with Crippen LogP contribution in [0.1, 0.15) is 44.6 Å². The number of halogens is 1. The van der Waals surface area contributed by atoms with Crippen molar-refractivity contribution in [3.63, 3.8) is 0 Å². The van der Waals surface area contributed by atoms with Gasteiger partial charge in [-0.2, -0.15) is 0 Å². The van der Waals surface area contributed by atoms with E-state index in [9.17, 15) is 9.59 Å². The highest BCUT2D eigenvalue weighted by Crippen LogP contribution is 2.20. The summed E-state index contributed by atoms with van der Waals surface area (Å²) in [4.78, 5) is 29.0. The van der Waals surface area contributed by atoms with Crippen molar-refractivity contribution >= 4 is 27.7 Å². The number of aryl methyl sites for hydroxylation is 1. The van der Waals surface area contributed by atoms with Gasteiger partial charge in [-0.05, 0) is 38.5 Å². The maximum absolute atomic E-state index is 12.9. The van der Waals surface area contributed by atoms with Gasteiger partial charge in [0, 0.05) is 15.7 Å². The smallest absolute Gasteiger partial charge is 0.339 e. The van der Waals surface area contributed by atoms with Gasteiger partial charge < -0.3 is 14.6 Å². The van der Waals surface area contributed by atoms with E-state index >= 15 is 0 Å². The van der Waals surface area contributed by atoms with E-state index in [-0.39, 0.29) is 11.8 Å². The molecule has 0 saturated carbocycles. The summed E-state index contributed by atoms with van der Waals surface area (Å²) in [7, 11) is 3.34. The van der Waals surface area contributed by atoms with Crippen LogP contribution >= 0.6 is 15.9 Å². The lowest BCUT2D eigenvalue weighted by molar-refractivity contribution is -0.907. The Kier molecular flexibility index (Phi) is 6.19. The number of esters is 1.